The van der Waals surface area contributed by atoms with Crippen molar-refractivity contribution in [3.05, 3.63) is 52.3 Å². The third kappa shape index (κ3) is 2.89. The fraction of sp³-hybridized carbons (Fsp3) is 0.0833. The zero-order valence-corrected chi connectivity index (χ0v) is 10.0. The number of nitro groups is 1. The van der Waals surface area contributed by atoms with Gasteiger partial charge in [-0.25, -0.2) is 0 Å². The Bertz CT molecular complexity index is 604. The molecule has 0 bridgehead atoms. The van der Waals surface area contributed by atoms with Gasteiger partial charge in [0.1, 0.15) is 11.4 Å². The van der Waals surface area contributed by atoms with Crippen LogP contribution in [0.3, 0.4) is 0 Å². The predicted octanol–water partition coefficient (Wildman–Crippen LogP) is 2.18. The molecule has 19 heavy (non-hydrogen) atoms. The highest BCUT2D eigenvalue weighted by Gasteiger charge is 2.14. The number of carbonyl (C=O) groups excluding carboxylic acids is 1. The van der Waals surface area contributed by atoms with Gasteiger partial charge < -0.3 is 15.0 Å². The van der Waals surface area contributed by atoms with Crippen molar-refractivity contribution in [2.45, 2.75) is 0 Å². The summed E-state index contributed by atoms with van der Waals surface area (Å²) in [5, 5.41) is 13.1. The molecule has 0 atom stereocenters. The second-order valence-corrected chi connectivity index (χ2v) is 3.71. The van der Waals surface area contributed by atoms with E-state index in [1.807, 2.05) is 0 Å². The number of nitrogens with zero attached hydrogens (tertiary/aromatic N) is 1. The second kappa shape index (κ2) is 5.21. The Labute approximate surface area is 108 Å². The van der Waals surface area contributed by atoms with Crippen molar-refractivity contribution in [1.29, 1.82) is 0 Å². The molecule has 1 aromatic heterocycles. The lowest BCUT2D eigenvalue weighted by molar-refractivity contribution is -0.384. The highest BCUT2D eigenvalue weighted by atomic mass is 16.6. The third-order valence-electron chi connectivity index (χ3n) is 2.47. The van der Waals surface area contributed by atoms with E-state index in [0.29, 0.717) is 11.4 Å². The van der Waals surface area contributed by atoms with Gasteiger partial charge in [0.05, 0.1) is 18.2 Å². The Kier molecular flexibility index (Phi) is 3.46. The molecule has 0 saturated heterocycles. The maximum atomic E-state index is 11.8. The Morgan fingerprint density at radius 1 is 1.37 bits per heavy atom. The van der Waals surface area contributed by atoms with Gasteiger partial charge in [-0.1, -0.05) is 0 Å². The minimum absolute atomic E-state index is 0.127. The van der Waals surface area contributed by atoms with Crippen LogP contribution in [0.4, 0.5) is 11.4 Å². The molecule has 7 heteroatoms. The van der Waals surface area contributed by atoms with Crippen molar-refractivity contribution in [2.75, 3.05) is 12.4 Å². The van der Waals surface area contributed by atoms with Gasteiger partial charge in [-0.15, -0.1) is 0 Å². The zero-order valence-electron chi connectivity index (χ0n) is 10.0. The molecule has 0 radical (unpaired) electrons. The molecular formula is C12H11N3O4. The molecule has 2 aromatic rings. The first-order chi connectivity index (χ1) is 9.10. The van der Waals surface area contributed by atoms with Crippen LogP contribution >= 0.6 is 0 Å². The number of rotatable bonds is 4. The summed E-state index contributed by atoms with van der Waals surface area (Å²) in [7, 11) is 1.55. The summed E-state index contributed by atoms with van der Waals surface area (Å²) in [6.45, 7) is 0. The van der Waals surface area contributed by atoms with Crippen LogP contribution in [0, 0.1) is 10.1 Å². The third-order valence-corrected chi connectivity index (χ3v) is 2.47. The van der Waals surface area contributed by atoms with Crippen molar-refractivity contribution in [3.63, 3.8) is 0 Å². The smallest absolute Gasteiger partial charge is 0.287 e. The lowest BCUT2D eigenvalue weighted by Gasteiger charge is -2.04. The molecule has 98 valence electrons. The number of H-pyrrole nitrogens is 1. The van der Waals surface area contributed by atoms with Crippen molar-refractivity contribution < 1.29 is 14.5 Å². The summed E-state index contributed by atoms with van der Waals surface area (Å²) in [5.74, 6) is 0.228. The van der Waals surface area contributed by atoms with Crippen LogP contribution in [-0.4, -0.2) is 22.9 Å². The maximum absolute atomic E-state index is 11.8. The van der Waals surface area contributed by atoms with E-state index in [4.69, 9.17) is 4.74 Å². The maximum Gasteiger partial charge on any atom is 0.287 e. The molecule has 2 rings (SSSR count). The Morgan fingerprint density at radius 2 is 2.05 bits per heavy atom. The number of ether oxygens (including phenoxy) is 1. The van der Waals surface area contributed by atoms with Crippen molar-refractivity contribution in [1.82, 2.24) is 4.98 Å². The van der Waals surface area contributed by atoms with E-state index in [-0.39, 0.29) is 11.4 Å². The van der Waals surface area contributed by atoms with Crippen LogP contribution in [0.15, 0.2) is 36.5 Å². The SMILES string of the molecule is COc1ccc(NC(=O)c2cc([N+](=O)[O-])c[nH]2)cc1. The fourth-order valence-electron chi connectivity index (χ4n) is 1.49. The van der Waals surface area contributed by atoms with Crippen LogP contribution in [0.2, 0.25) is 0 Å². The van der Waals surface area contributed by atoms with Crippen LogP contribution in [0.5, 0.6) is 5.75 Å². The number of carbonyl (C=O) groups is 1. The van der Waals surface area contributed by atoms with Gasteiger partial charge in [0.15, 0.2) is 0 Å². The Morgan fingerprint density at radius 3 is 2.58 bits per heavy atom. The standard InChI is InChI=1S/C12H11N3O4/c1-19-10-4-2-8(3-5-10)14-12(16)11-6-9(7-13-11)15(17)18/h2-7,13H,1H3,(H,14,16). The first kappa shape index (κ1) is 12.6. The predicted molar refractivity (Wildman–Crippen MR) is 68.4 cm³/mol. The number of hydrogen-bond donors (Lipinski definition) is 2. The molecule has 1 aromatic carbocycles. The number of aromatic nitrogens is 1. The molecule has 0 aliphatic heterocycles. The Hall–Kier alpha value is -2.83. The first-order valence-corrected chi connectivity index (χ1v) is 5.38. The largest absolute Gasteiger partial charge is 0.497 e. The summed E-state index contributed by atoms with van der Waals surface area (Å²) in [6, 6.07) is 7.93. The van der Waals surface area contributed by atoms with Crippen LogP contribution < -0.4 is 10.1 Å². The number of methoxy groups -OCH3 is 1. The van der Waals surface area contributed by atoms with Crippen molar-refractivity contribution in [3.8, 4) is 5.75 Å². The summed E-state index contributed by atoms with van der Waals surface area (Å²) in [4.78, 5) is 24.3. The Balaban J connectivity index is 2.08. The fourth-order valence-corrected chi connectivity index (χ4v) is 1.49. The first-order valence-electron chi connectivity index (χ1n) is 5.38. The van der Waals surface area contributed by atoms with Crippen LogP contribution in [-0.2, 0) is 0 Å². The van der Waals surface area contributed by atoms with Gasteiger partial charge in [-0.05, 0) is 24.3 Å². The van der Waals surface area contributed by atoms with Gasteiger partial charge >= 0.3 is 0 Å². The summed E-state index contributed by atoms with van der Waals surface area (Å²) < 4.78 is 4.99. The van der Waals surface area contributed by atoms with E-state index < -0.39 is 10.8 Å². The molecule has 1 amide bonds. The molecule has 1 heterocycles. The number of anilines is 1. The number of hydrogen-bond acceptors (Lipinski definition) is 4. The van der Waals surface area contributed by atoms with Gasteiger partial charge in [0, 0.05) is 11.8 Å². The van der Waals surface area contributed by atoms with E-state index in [9.17, 15) is 14.9 Å². The lowest BCUT2D eigenvalue weighted by Crippen LogP contribution is -2.12. The normalized spacial score (nSPS) is 9.95. The van der Waals surface area contributed by atoms with Crippen LogP contribution in [0.1, 0.15) is 10.5 Å². The molecule has 0 saturated carbocycles. The van der Waals surface area contributed by atoms with E-state index in [2.05, 4.69) is 10.3 Å². The number of nitrogens with one attached hydrogen (secondary N) is 2. The van der Waals surface area contributed by atoms with E-state index in [1.165, 1.54) is 12.3 Å². The minimum atomic E-state index is -0.569. The minimum Gasteiger partial charge on any atom is -0.497 e. The zero-order chi connectivity index (χ0) is 13.8. The average Bonchev–Trinajstić information content (AvgIpc) is 2.89. The summed E-state index contributed by atoms with van der Waals surface area (Å²) in [6.07, 6.45) is 1.17. The van der Waals surface area contributed by atoms with Crippen LogP contribution in [0.25, 0.3) is 0 Å². The van der Waals surface area contributed by atoms with Gasteiger partial charge in [-0.3, -0.25) is 14.9 Å². The van der Waals surface area contributed by atoms with Gasteiger partial charge in [0.25, 0.3) is 11.6 Å². The monoisotopic (exact) mass is 261 g/mol. The molecule has 0 aliphatic rings. The van der Waals surface area contributed by atoms with Gasteiger partial charge in [0.2, 0.25) is 0 Å². The molecule has 0 fully saturated rings. The average molecular weight is 261 g/mol. The number of amides is 1. The second-order valence-electron chi connectivity index (χ2n) is 3.71. The summed E-state index contributed by atoms with van der Waals surface area (Å²) >= 11 is 0. The van der Waals surface area contributed by atoms with Crippen molar-refractivity contribution in [2.24, 2.45) is 0 Å². The molecule has 0 spiro atoms. The highest BCUT2D eigenvalue weighted by molar-refractivity contribution is 6.03. The quantitative estimate of drug-likeness (QED) is 0.651. The molecule has 7 nitrogen and oxygen atoms in total. The van der Waals surface area contributed by atoms with Gasteiger partial charge in [-0.2, -0.15) is 0 Å². The lowest BCUT2D eigenvalue weighted by atomic mass is 10.3. The molecule has 0 unspecified atom stereocenters. The molecule has 2 N–H and O–H groups in total. The number of benzene rings is 1. The summed E-state index contributed by atoms with van der Waals surface area (Å²) in [5.41, 5.74) is 0.547. The van der Waals surface area contributed by atoms with E-state index >= 15 is 0 Å². The molecule has 0 aliphatic carbocycles. The number of aromatic amines is 1. The van der Waals surface area contributed by atoms with Crippen molar-refractivity contribution >= 4 is 17.3 Å². The molecular weight excluding hydrogens is 250 g/mol. The highest BCUT2D eigenvalue weighted by Crippen LogP contribution is 2.17. The van der Waals surface area contributed by atoms with E-state index in [0.717, 1.165) is 0 Å². The van der Waals surface area contributed by atoms with E-state index in [1.54, 1.807) is 31.4 Å². The topological polar surface area (TPSA) is 97.3 Å².